The van der Waals surface area contributed by atoms with Gasteiger partial charge in [0.2, 0.25) is 0 Å². The summed E-state index contributed by atoms with van der Waals surface area (Å²) in [6.45, 7) is 10.0. The van der Waals surface area contributed by atoms with Gasteiger partial charge in [0, 0.05) is 0 Å². The predicted octanol–water partition coefficient (Wildman–Crippen LogP) is 16.3. The molecule has 0 aromatic heterocycles. The van der Waals surface area contributed by atoms with Crippen molar-refractivity contribution >= 4 is 61.1 Å². The SMILES string of the molecule is CCCCCCCCCCCCOP(=O)([O-])OCCCCCCCCCCCC.CCCCCCCCCCCCOP(=O)([O-])OCCCCCCCCCCCC.[Sr+2]. The zero-order chi connectivity index (χ0) is 42.9. The van der Waals surface area contributed by atoms with Crippen LogP contribution in [0.15, 0.2) is 0 Å². The second-order valence-corrected chi connectivity index (χ2v) is 19.8. The molecule has 0 rings (SSSR count). The number of rotatable bonds is 48. The Morgan fingerprint density at radius 1 is 0.254 bits per heavy atom. The molecule has 0 aliphatic carbocycles. The predicted molar refractivity (Wildman–Crippen MR) is 252 cm³/mol. The average molecular weight is 955 g/mol. The van der Waals surface area contributed by atoms with E-state index in [2.05, 4.69) is 27.7 Å². The maximum Gasteiger partial charge on any atom is 2.00 e. The van der Waals surface area contributed by atoms with Crippen LogP contribution in [0.5, 0.6) is 0 Å². The zero-order valence-electron chi connectivity index (χ0n) is 40.0. The van der Waals surface area contributed by atoms with Gasteiger partial charge in [-0.05, 0) is 25.7 Å². The molecule has 0 bridgehead atoms. The molecule has 0 amide bonds. The molecule has 8 nitrogen and oxygen atoms in total. The third-order valence-electron chi connectivity index (χ3n) is 11.0. The summed E-state index contributed by atoms with van der Waals surface area (Å²) in [6, 6.07) is 0. The summed E-state index contributed by atoms with van der Waals surface area (Å²) < 4.78 is 43.4. The third-order valence-corrected chi connectivity index (χ3v) is 13.0. The second-order valence-electron chi connectivity index (χ2n) is 17.0. The zero-order valence-corrected chi connectivity index (χ0v) is 45.2. The molecule has 0 aliphatic rings. The minimum absolute atomic E-state index is 0. The van der Waals surface area contributed by atoms with Crippen LogP contribution in [0.1, 0.15) is 285 Å². The van der Waals surface area contributed by atoms with Crippen LogP contribution < -0.4 is 9.79 Å². The maximum atomic E-state index is 11.7. The van der Waals surface area contributed by atoms with Crippen molar-refractivity contribution in [3.8, 4) is 0 Å². The molecule has 0 atom stereocenters. The van der Waals surface area contributed by atoms with Gasteiger partial charge in [-0.15, -0.1) is 0 Å². The Bertz CT molecular complexity index is 741. The van der Waals surface area contributed by atoms with Gasteiger partial charge in [-0.1, -0.05) is 259 Å². The van der Waals surface area contributed by atoms with Gasteiger partial charge >= 0.3 is 45.5 Å². The monoisotopic (exact) mass is 955 g/mol. The smallest absolute Gasteiger partial charge is 0.756 e. The van der Waals surface area contributed by atoms with Crippen LogP contribution in [-0.2, 0) is 27.2 Å². The van der Waals surface area contributed by atoms with Gasteiger partial charge < -0.3 is 27.9 Å². The first-order valence-corrected chi connectivity index (χ1v) is 28.4. The van der Waals surface area contributed by atoms with Gasteiger partial charge in [-0.25, -0.2) is 0 Å². The Labute approximate surface area is 405 Å². The number of hydrogen-bond acceptors (Lipinski definition) is 8. The van der Waals surface area contributed by atoms with E-state index in [0.717, 1.165) is 51.4 Å². The summed E-state index contributed by atoms with van der Waals surface area (Å²) in [5.74, 6) is 0. The minimum Gasteiger partial charge on any atom is -0.756 e. The van der Waals surface area contributed by atoms with Crippen LogP contribution in [0.2, 0.25) is 0 Å². The molecule has 0 heterocycles. The Balaban J connectivity index is -0.00000105. The van der Waals surface area contributed by atoms with Crippen LogP contribution in [0, 0.1) is 0 Å². The minimum atomic E-state index is -4.10. The van der Waals surface area contributed by atoms with Gasteiger partial charge in [0.1, 0.15) is 0 Å². The van der Waals surface area contributed by atoms with Gasteiger partial charge in [-0.2, -0.15) is 0 Å². The summed E-state index contributed by atoms with van der Waals surface area (Å²) in [7, 11) is -8.19. The van der Waals surface area contributed by atoms with Gasteiger partial charge in [0.05, 0.1) is 26.4 Å². The van der Waals surface area contributed by atoms with Crippen molar-refractivity contribution in [3.05, 3.63) is 0 Å². The summed E-state index contributed by atoms with van der Waals surface area (Å²) >= 11 is 0. The fourth-order valence-corrected chi connectivity index (χ4v) is 8.70. The molecule has 0 aromatic rings. The molecule has 11 heteroatoms. The van der Waals surface area contributed by atoms with Crippen molar-refractivity contribution in [2.45, 2.75) is 285 Å². The summed E-state index contributed by atoms with van der Waals surface area (Å²) in [5, 5.41) is 0. The van der Waals surface area contributed by atoms with E-state index < -0.39 is 15.6 Å². The van der Waals surface area contributed by atoms with E-state index in [4.69, 9.17) is 18.1 Å². The third kappa shape index (κ3) is 59.7. The number of hydrogen-bond donors (Lipinski definition) is 0. The number of phosphoric acid groups is 2. The number of unbranched alkanes of at least 4 members (excludes halogenated alkanes) is 36. The Morgan fingerprint density at radius 3 is 0.508 bits per heavy atom. The molecule has 0 saturated carbocycles. The normalized spacial score (nSPS) is 11.8. The fourth-order valence-electron chi connectivity index (χ4n) is 7.14. The van der Waals surface area contributed by atoms with E-state index >= 15 is 0 Å². The molecule has 0 unspecified atom stereocenters. The van der Waals surface area contributed by atoms with E-state index in [-0.39, 0.29) is 71.9 Å². The van der Waals surface area contributed by atoms with Gasteiger partial charge in [0.25, 0.3) is 15.6 Å². The molecule has 0 N–H and O–H groups in total. The van der Waals surface area contributed by atoms with E-state index in [1.165, 1.54) is 205 Å². The fraction of sp³-hybridized carbons (Fsp3) is 1.00. The molecule has 0 saturated heterocycles. The van der Waals surface area contributed by atoms with E-state index in [9.17, 15) is 18.9 Å². The average Bonchev–Trinajstić information content (AvgIpc) is 3.20. The molecule has 0 fully saturated rings. The first-order chi connectivity index (χ1) is 28.2. The topological polar surface area (TPSA) is 117 Å². The van der Waals surface area contributed by atoms with Crippen molar-refractivity contribution in [1.82, 2.24) is 0 Å². The van der Waals surface area contributed by atoms with Crippen molar-refractivity contribution in [2.75, 3.05) is 26.4 Å². The Hall–Kier alpha value is 1.70. The van der Waals surface area contributed by atoms with E-state index in [0.29, 0.717) is 0 Å². The van der Waals surface area contributed by atoms with E-state index in [1.54, 1.807) is 0 Å². The molecular formula is C48H100O8P2Sr. The van der Waals surface area contributed by atoms with Crippen molar-refractivity contribution in [2.24, 2.45) is 0 Å². The van der Waals surface area contributed by atoms with Gasteiger partial charge in [-0.3, -0.25) is 9.13 Å². The summed E-state index contributed by atoms with van der Waals surface area (Å²) in [4.78, 5) is 23.5. The molecular weight excluding hydrogens is 854 g/mol. The first kappa shape index (κ1) is 65.0. The standard InChI is InChI=1S/2C24H51O4P.Sr/c2*1-3-5-7-9-11-13-15-17-19-21-23-27-29(25,26)28-24-22-20-18-16-14-12-10-8-6-4-2;/h2*3-24H2,1-2H3,(H,25,26);/q;;+2/p-2. The molecule has 0 aliphatic heterocycles. The molecule has 59 heavy (non-hydrogen) atoms. The van der Waals surface area contributed by atoms with Crippen LogP contribution >= 0.6 is 15.6 Å². The van der Waals surface area contributed by atoms with E-state index in [1.807, 2.05) is 0 Å². The second kappa shape index (κ2) is 54.0. The molecule has 0 aromatic carbocycles. The quantitative estimate of drug-likeness (QED) is 0.0336. The van der Waals surface area contributed by atoms with Crippen LogP contribution in [-0.4, -0.2) is 71.9 Å². The van der Waals surface area contributed by atoms with Gasteiger partial charge in [0.15, 0.2) is 0 Å². The first-order valence-electron chi connectivity index (χ1n) is 25.4. The molecule has 352 valence electrons. The summed E-state index contributed by atoms with van der Waals surface area (Å²) in [5.41, 5.74) is 0. The largest absolute Gasteiger partial charge is 2.00 e. The van der Waals surface area contributed by atoms with Crippen LogP contribution in [0.25, 0.3) is 0 Å². The Morgan fingerprint density at radius 2 is 0.373 bits per heavy atom. The summed E-state index contributed by atoms with van der Waals surface area (Å²) in [6.07, 6.45) is 49.0. The maximum absolute atomic E-state index is 11.7. The van der Waals surface area contributed by atoms with Crippen LogP contribution in [0.3, 0.4) is 0 Å². The van der Waals surface area contributed by atoms with Crippen LogP contribution in [0.4, 0.5) is 0 Å². The molecule has 0 spiro atoms. The van der Waals surface area contributed by atoms with Crippen molar-refractivity contribution in [3.63, 3.8) is 0 Å². The molecule has 0 radical (unpaired) electrons. The Kier molecular flexibility index (Phi) is 59.5. The number of phosphoric ester groups is 2. The van der Waals surface area contributed by atoms with Crippen molar-refractivity contribution in [1.29, 1.82) is 0 Å². The van der Waals surface area contributed by atoms with Crippen molar-refractivity contribution < 1.29 is 37.0 Å².